The van der Waals surface area contributed by atoms with Crippen molar-refractivity contribution < 1.29 is 14.3 Å². The fourth-order valence-electron chi connectivity index (χ4n) is 1.43. The molecular formula is C21H51NO3. The van der Waals surface area contributed by atoms with Crippen molar-refractivity contribution in [2.24, 2.45) is 0 Å². The van der Waals surface area contributed by atoms with Gasteiger partial charge in [0.25, 0.3) is 0 Å². The number of rotatable bonds is 12. The summed E-state index contributed by atoms with van der Waals surface area (Å²) < 4.78 is 10.4. The minimum Gasteiger partial charge on any atom is -0.379 e. The number of amides is 1. The lowest BCUT2D eigenvalue weighted by Crippen LogP contribution is -2.27. The predicted molar refractivity (Wildman–Crippen MR) is 114 cm³/mol. The van der Waals surface area contributed by atoms with Gasteiger partial charge in [-0.05, 0) is 13.3 Å². The molecule has 0 aromatic carbocycles. The summed E-state index contributed by atoms with van der Waals surface area (Å²) in [5.74, 6) is 0.134. The summed E-state index contributed by atoms with van der Waals surface area (Å²) in [6.45, 7) is 23.2. The van der Waals surface area contributed by atoms with Gasteiger partial charge in [0.2, 0.25) is 5.91 Å². The van der Waals surface area contributed by atoms with Gasteiger partial charge in [-0.2, -0.15) is 0 Å². The molecule has 0 saturated heterocycles. The average molecular weight is 366 g/mol. The van der Waals surface area contributed by atoms with Crippen molar-refractivity contribution in [3.63, 3.8) is 0 Å². The van der Waals surface area contributed by atoms with Crippen molar-refractivity contribution in [3.8, 4) is 0 Å². The number of ether oxygens (including phenoxy) is 2. The zero-order chi connectivity index (χ0) is 20.8. The Hall–Kier alpha value is -0.610. The molecule has 0 aliphatic rings. The van der Waals surface area contributed by atoms with Gasteiger partial charge in [-0.1, -0.05) is 81.6 Å². The highest BCUT2D eigenvalue weighted by Crippen LogP contribution is 2.01. The second-order valence-corrected chi connectivity index (χ2v) is 3.97. The third kappa shape index (κ3) is 51.7. The third-order valence-corrected chi connectivity index (χ3v) is 2.40. The summed E-state index contributed by atoms with van der Waals surface area (Å²) >= 11 is 0. The van der Waals surface area contributed by atoms with Crippen LogP contribution >= 0.6 is 0 Å². The summed E-state index contributed by atoms with van der Waals surface area (Å²) in [6, 6.07) is 0. The first kappa shape index (κ1) is 35.5. The van der Waals surface area contributed by atoms with Gasteiger partial charge in [-0.25, -0.2) is 0 Å². The molecule has 4 nitrogen and oxygen atoms in total. The number of carbonyl (C=O) groups is 1. The van der Waals surface area contributed by atoms with E-state index in [0.29, 0.717) is 32.8 Å². The Kier molecular flexibility index (Phi) is 70.3. The Morgan fingerprint density at radius 3 is 1.72 bits per heavy atom. The average Bonchev–Trinajstić information content (AvgIpc) is 2.71. The molecule has 1 N–H and O–H groups in total. The van der Waals surface area contributed by atoms with Gasteiger partial charge < -0.3 is 14.8 Å². The molecule has 0 saturated carbocycles. The van der Waals surface area contributed by atoms with Crippen LogP contribution in [0.25, 0.3) is 0 Å². The van der Waals surface area contributed by atoms with Crippen LogP contribution in [-0.4, -0.2) is 38.9 Å². The number of nitrogens with one attached hydrogen (secondary N) is 1. The largest absolute Gasteiger partial charge is 0.379 e. The number of unbranched alkanes of at least 4 members (excludes halogenated alkanes) is 3. The van der Waals surface area contributed by atoms with E-state index in [2.05, 4.69) is 12.2 Å². The Morgan fingerprint density at radius 1 is 0.720 bits per heavy atom. The molecule has 0 unspecified atom stereocenters. The molecule has 25 heavy (non-hydrogen) atoms. The molecule has 0 bridgehead atoms. The number of carbonyl (C=O) groups excluding carboxylic acids is 1. The number of hydrogen-bond acceptors (Lipinski definition) is 3. The van der Waals surface area contributed by atoms with Crippen molar-refractivity contribution >= 4 is 5.91 Å². The topological polar surface area (TPSA) is 47.6 Å². The lowest BCUT2D eigenvalue weighted by molar-refractivity contribution is -0.121. The van der Waals surface area contributed by atoms with Crippen molar-refractivity contribution in [2.45, 2.75) is 101 Å². The summed E-state index contributed by atoms with van der Waals surface area (Å²) in [7, 11) is 0. The maximum atomic E-state index is 11.4. The van der Waals surface area contributed by atoms with E-state index in [-0.39, 0.29) is 5.91 Å². The van der Waals surface area contributed by atoms with Crippen molar-refractivity contribution in [2.75, 3.05) is 33.0 Å². The molecule has 1 amide bonds. The standard InChI is InChI=1S/C13H27NO3.4C2H6/c1-3-5-6-7-8-13(15)14-9-10-17-12-11-16-4-2;4*1-2/h3-12H2,1-2H3,(H,14,15);4*1-2H3. The maximum Gasteiger partial charge on any atom is 0.220 e. The Balaban J connectivity index is -0.000000145. The fraction of sp³-hybridized carbons (Fsp3) is 0.952. The highest BCUT2D eigenvalue weighted by atomic mass is 16.5. The van der Waals surface area contributed by atoms with Gasteiger partial charge >= 0.3 is 0 Å². The van der Waals surface area contributed by atoms with Gasteiger partial charge in [-0.3, -0.25) is 4.79 Å². The van der Waals surface area contributed by atoms with Gasteiger partial charge in [0.15, 0.2) is 0 Å². The van der Waals surface area contributed by atoms with Crippen molar-refractivity contribution in [1.29, 1.82) is 0 Å². The monoisotopic (exact) mass is 365 g/mol. The van der Waals surface area contributed by atoms with Crippen LogP contribution in [-0.2, 0) is 14.3 Å². The molecule has 0 aliphatic carbocycles. The fourth-order valence-corrected chi connectivity index (χ4v) is 1.43. The van der Waals surface area contributed by atoms with E-state index in [1.165, 1.54) is 12.8 Å². The molecule has 0 aromatic rings. The molecule has 158 valence electrons. The maximum absolute atomic E-state index is 11.4. The molecule has 0 fully saturated rings. The first-order valence-corrected chi connectivity index (χ1v) is 10.7. The Morgan fingerprint density at radius 2 is 1.24 bits per heavy atom. The Labute approximate surface area is 160 Å². The first-order chi connectivity index (χ1) is 12.3. The van der Waals surface area contributed by atoms with E-state index in [4.69, 9.17) is 9.47 Å². The quantitative estimate of drug-likeness (QED) is 0.417. The summed E-state index contributed by atoms with van der Waals surface area (Å²) in [6.07, 6.45) is 5.20. The van der Waals surface area contributed by atoms with Gasteiger partial charge in [0.05, 0.1) is 19.8 Å². The van der Waals surface area contributed by atoms with Crippen LogP contribution < -0.4 is 5.32 Å². The van der Waals surface area contributed by atoms with Crippen LogP contribution in [0.1, 0.15) is 101 Å². The van der Waals surface area contributed by atoms with Crippen molar-refractivity contribution in [3.05, 3.63) is 0 Å². The van der Waals surface area contributed by atoms with Crippen LogP contribution in [0.3, 0.4) is 0 Å². The van der Waals surface area contributed by atoms with E-state index < -0.39 is 0 Å². The van der Waals surface area contributed by atoms with Crippen LogP contribution in [0.5, 0.6) is 0 Å². The molecule has 0 aromatic heterocycles. The van der Waals surface area contributed by atoms with Crippen LogP contribution in [0.4, 0.5) is 0 Å². The van der Waals surface area contributed by atoms with Crippen LogP contribution in [0, 0.1) is 0 Å². The second-order valence-electron chi connectivity index (χ2n) is 3.97. The smallest absolute Gasteiger partial charge is 0.220 e. The molecule has 0 atom stereocenters. The van der Waals surface area contributed by atoms with Crippen LogP contribution in [0.15, 0.2) is 0 Å². The van der Waals surface area contributed by atoms with Crippen molar-refractivity contribution in [1.82, 2.24) is 5.32 Å². The molecule has 4 heteroatoms. The van der Waals surface area contributed by atoms with E-state index in [1.54, 1.807) is 0 Å². The zero-order valence-corrected chi connectivity index (χ0v) is 19.3. The molecule has 0 heterocycles. The number of hydrogen-bond donors (Lipinski definition) is 1. The summed E-state index contributed by atoms with van der Waals surface area (Å²) in [5, 5.41) is 2.85. The van der Waals surface area contributed by atoms with Gasteiger partial charge in [0.1, 0.15) is 0 Å². The molecule has 0 aliphatic heterocycles. The lowest BCUT2D eigenvalue weighted by atomic mass is 10.1. The zero-order valence-electron chi connectivity index (χ0n) is 19.3. The summed E-state index contributed by atoms with van der Waals surface area (Å²) in [4.78, 5) is 11.4. The van der Waals surface area contributed by atoms with E-state index in [0.717, 1.165) is 19.4 Å². The van der Waals surface area contributed by atoms with Gasteiger partial charge in [0, 0.05) is 19.6 Å². The Bertz CT molecular complexity index is 177. The molecule has 0 radical (unpaired) electrons. The van der Waals surface area contributed by atoms with E-state index >= 15 is 0 Å². The predicted octanol–water partition coefficient (Wildman–Crippen LogP) is 6.23. The van der Waals surface area contributed by atoms with Crippen LogP contribution in [0.2, 0.25) is 0 Å². The first-order valence-electron chi connectivity index (χ1n) is 10.7. The highest BCUT2D eigenvalue weighted by Gasteiger charge is 1.99. The highest BCUT2D eigenvalue weighted by molar-refractivity contribution is 5.75. The minimum absolute atomic E-state index is 0.134. The lowest BCUT2D eigenvalue weighted by Gasteiger charge is -2.06. The van der Waals surface area contributed by atoms with E-state index in [1.807, 2.05) is 62.3 Å². The molecule has 0 spiro atoms. The molecule has 0 rings (SSSR count). The second kappa shape index (κ2) is 49.5. The normalized spacial score (nSPS) is 8.08. The van der Waals surface area contributed by atoms with Gasteiger partial charge in [-0.15, -0.1) is 0 Å². The minimum atomic E-state index is 0.134. The molecular weight excluding hydrogens is 314 g/mol. The SMILES string of the molecule is CC.CC.CC.CC.CCCCCCC(=O)NCCOCCOCC. The van der Waals surface area contributed by atoms with E-state index in [9.17, 15) is 4.79 Å². The summed E-state index contributed by atoms with van der Waals surface area (Å²) in [5.41, 5.74) is 0. The third-order valence-electron chi connectivity index (χ3n) is 2.40.